The number of nitrogens with zero attached hydrogens (tertiary/aromatic N) is 4. The summed E-state index contributed by atoms with van der Waals surface area (Å²) < 4.78 is 76.3. The number of ether oxygens (including phenoxy) is 2. The van der Waals surface area contributed by atoms with Crippen molar-refractivity contribution in [3.63, 3.8) is 0 Å². The lowest BCUT2D eigenvalue weighted by atomic mass is 9.83. The van der Waals surface area contributed by atoms with Crippen LogP contribution in [0.25, 0.3) is 11.1 Å². The van der Waals surface area contributed by atoms with Crippen LogP contribution in [0.4, 0.5) is 19.4 Å². The minimum Gasteiger partial charge on any atom is -0.497 e. The number of sulfonamides is 1. The Kier molecular flexibility index (Phi) is 8.77. The SMILES string of the molecule is COc1ccc(CN(c2cccc(F)n2)S(=O)(=O)c2cc3oc(=O)n(CCc4ccccc4C4(O)CN(C(=O)O)C4)c3cc2F)c(OC)c1. The number of carbonyl (C=O) groups is 1. The van der Waals surface area contributed by atoms with Gasteiger partial charge in [-0.05, 0) is 41.8 Å². The highest BCUT2D eigenvalue weighted by molar-refractivity contribution is 7.92. The lowest BCUT2D eigenvalue weighted by Gasteiger charge is -2.45. The summed E-state index contributed by atoms with van der Waals surface area (Å²) in [6, 6.07) is 16.8. The van der Waals surface area contributed by atoms with Gasteiger partial charge in [0, 0.05) is 30.3 Å². The normalized spacial score (nSPS) is 14.0. The number of pyridine rings is 1. The van der Waals surface area contributed by atoms with Crippen molar-refractivity contribution in [2.24, 2.45) is 0 Å². The highest BCUT2D eigenvalue weighted by Gasteiger charge is 2.46. The monoisotopic (exact) mass is 696 g/mol. The van der Waals surface area contributed by atoms with Gasteiger partial charge in [-0.2, -0.15) is 4.39 Å². The van der Waals surface area contributed by atoms with Crippen molar-refractivity contribution in [1.82, 2.24) is 14.5 Å². The van der Waals surface area contributed by atoms with E-state index >= 15 is 4.39 Å². The minimum atomic E-state index is -4.82. The molecule has 2 aromatic heterocycles. The Morgan fingerprint density at radius 3 is 2.47 bits per heavy atom. The maximum atomic E-state index is 15.9. The molecule has 6 rings (SSSR count). The van der Waals surface area contributed by atoms with Crippen molar-refractivity contribution in [3.05, 3.63) is 112 Å². The molecule has 1 amide bonds. The van der Waals surface area contributed by atoms with E-state index in [-0.39, 0.29) is 48.7 Å². The summed E-state index contributed by atoms with van der Waals surface area (Å²) in [7, 11) is -2.00. The number of oxazole rings is 1. The summed E-state index contributed by atoms with van der Waals surface area (Å²) in [6.45, 7) is -0.721. The number of likely N-dealkylation sites (tertiary alicyclic amines) is 1. The topological polar surface area (TPSA) is 165 Å². The third-order valence-corrected chi connectivity index (χ3v) is 10.1. The van der Waals surface area contributed by atoms with Gasteiger partial charge in [0.05, 0.1) is 39.4 Å². The summed E-state index contributed by atoms with van der Waals surface area (Å²) in [5.74, 6) is -2.71. The maximum absolute atomic E-state index is 15.9. The van der Waals surface area contributed by atoms with Gasteiger partial charge in [-0.25, -0.2) is 31.7 Å². The van der Waals surface area contributed by atoms with E-state index in [1.165, 1.54) is 32.4 Å². The molecule has 0 bridgehead atoms. The predicted molar refractivity (Wildman–Crippen MR) is 171 cm³/mol. The number of amides is 1. The zero-order valence-corrected chi connectivity index (χ0v) is 27.0. The highest BCUT2D eigenvalue weighted by Crippen LogP contribution is 2.35. The Hall–Kier alpha value is -5.48. The van der Waals surface area contributed by atoms with Crippen molar-refractivity contribution in [2.45, 2.75) is 30.0 Å². The van der Waals surface area contributed by atoms with Crippen LogP contribution in [-0.2, 0) is 35.1 Å². The molecular weight excluding hydrogens is 666 g/mol. The zero-order chi connectivity index (χ0) is 35.1. The Bertz CT molecular complexity index is 2230. The molecule has 0 saturated carbocycles. The van der Waals surface area contributed by atoms with Gasteiger partial charge in [-0.3, -0.25) is 4.57 Å². The number of aryl methyl sites for hydroxylation is 2. The van der Waals surface area contributed by atoms with Crippen LogP contribution in [0.3, 0.4) is 0 Å². The Morgan fingerprint density at radius 1 is 1.02 bits per heavy atom. The molecule has 256 valence electrons. The van der Waals surface area contributed by atoms with E-state index < -0.39 is 50.7 Å². The van der Waals surface area contributed by atoms with Gasteiger partial charge in [0.15, 0.2) is 5.58 Å². The van der Waals surface area contributed by atoms with Gasteiger partial charge in [0.2, 0.25) is 5.95 Å². The molecule has 1 aliphatic rings. The second-order valence-corrected chi connectivity index (χ2v) is 13.2. The third-order valence-electron chi connectivity index (χ3n) is 8.35. The largest absolute Gasteiger partial charge is 0.497 e. The third kappa shape index (κ3) is 6.27. The van der Waals surface area contributed by atoms with Crippen LogP contribution in [-0.4, -0.2) is 66.5 Å². The quantitative estimate of drug-likeness (QED) is 0.192. The number of aromatic nitrogens is 2. The second-order valence-electron chi connectivity index (χ2n) is 11.4. The highest BCUT2D eigenvalue weighted by atomic mass is 32.2. The molecule has 1 aliphatic heterocycles. The number of rotatable bonds is 11. The fourth-order valence-corrected chi connectivity index (χ4v) is 7.33. The van der Waals surface area contributed by atoms with Crippen LogP contribution in [0.2, 0.25) is 0 Å². The van der Waals surface area contributed by atoms with E-state index in [1.54, 1.807) is 36.4 Å². The number of β-amino-alcohol motifs (C(OH)–C–C–N with tert-alkyl or cyclic N) is 1. The van der Waals surface area contributed by atoms with E-state index in [9.17, 15) is 32.6 Å². The van der Waals surface area contributed by atoms with E-state index in [2.05, 4.69) is 4.98 Å². The molecule has 0 radical (unpaired) electrons. The fourth-order valence-electron chi connectivity index (χ4n) is 5.87. The summed E-state index contributed by atoms with van der Waals surface area (Å²) in [4.78, 5) is 28.2. The van der Waals surface area contributed by atoms with Gasteiger partial charge >= 0.3 is 11.8 Å². The van der Waals surface area contributed by atoms with E-state index in [0.717, 1.165) is 27.7 Å². The average Bonchev–Trinajstić information content (AvgIpc) is 3.37. The number of halogens is 2. The molecule has 2 N–H and O–H groups in total. The maximum Gasteiger partial charge on any atom is 0.419 e. The Morgan fingerprint density at radius 2 is 1.78 bits per heavy atom. The van der Waals surface area contributed by atoms with Gasteiger partial charge < -0.3 is 29.0 Å². The van der Waals surface area contributed by atoms with Crippen LogP contribution in [0.15, 0.2) is 86.9 Å². The number of aliphatic hydroxyl groups is 1. The van der Waals surface area contributed by atoms with Crippen molar-refractivity contribution >= 4 is 33.0 Å². The van der Waals surface area contributed by atoms with Crippen molar-refractivity contribution in [1.29, 1.82) is 0 Å². The molecule has 49 heavy (non-hydrogen) atoms. The Balaban J connectivity index is 1.34. The van der Waals surface area contributed by atoms with Crippen molar-refractivity contribution < 1.29 is 46.1 Å². The molecule has 0 unspecified atom stereocenters. The molecule has 1 fully saturated rings. The molecule has 5 aromatic rings. The van der Waals surface area contributed by atoms with Crippen LogP contribution in [0.1, 0.15) is 16.7 Å². The van der Waals surface area contributed by atoms with Crippen LogP contribution < -0.4 is 19.5 Å². The molecule has 0 aliphatic carbocycles. The molecule has 16 heteroatoms. The standard InChI is InChI=1S/C33H30F2N4O9S/c1-46-22-11-10-21(26(14-22)47-2)17-39(30-9-5-8-29(35)36-30)49(44,45)28-16-27-25(15-24(28)34)38(32(42)48-27)13-12-20-6-3-4-7-23(20)33(43)18-37(19-33)31(40)41/h3-11,14-16,43H,12-13,17-19H2,1-2H3,(H,40,41). The number of benzene rings is 3. The molecule has 13 nitrogen and oxygen atoms in total. The first-order chi connectivity index (χ1) is 23.3. The minimum absolute atomic E-state index is 0.0226. The molecule has 0 spiro atoms. The summed E-state index contributed by atoms with van der Waals surface area (Å²) in [5.41, 5.74) is -0.200. The van der Waals surface area contributed by atoms with E-state index in [1.807, 2.05) is 0 Å². The van der Waals surface area contributed by atoms with E-state index in [0.29, 0.717) is 26.7 Å². The lowest BCUT2D eigenvalue weighted by molar-refractivity contribution is -0.0903. The summed E-state index contributed by atoms with van der Waals surface area (Å²) >= 11 is 0. The average molecular weight is 697 g/mol. The van der Waals surface area contributed by atoms with Gasteiger partial charge in [0.1, 0.15) is 33.6 Å². The first kappa shape index (κ1) is 33.4. The number of carboxylic acid groups (broad SMARTS) is 1. The zero-order valence-electron chi connectivity index (χ0n) is 26.2. The molecule has 1 saturated heterocycles. The predicted octanol–water partition coefficient (Wildman–Crippen LogP) is 4.10. The molecule has 0 atom stereocenters. The first-order valence-corrected chi connectivity index (χ1v) is 16.3. The van der Waals surface area contributed by atoms with Crippen molar-refractivity contribution in [2.75, 3.05) is 31.6 Å². The van der Waals surface area contributed by atoms with Gasteiger partial charge in [-0.15, -0.1) is 0 Å². The number of anilines is 1. The first-order valence-electron chi connectivity index (χ1n) is 14.8. The molecule has 3 aromatic carbocycles. The smallest absolute Gasteiger partial charge is 0.419 e. The number of hydrogen-bond donors (Lipinski definition) is 2. The van der Waals surface area contributed by atoms with Gasteiger partial charge in [0.25, 0.3) is 10.0 Å². The molecular formula is C33H30F2N4O9S. The van der Waals surface area contributed by atoms with Crippen LogP contribution in [0, 0.1) is 11.8 Å². The number of methoxy groups -OCH3 is 2. The fraction of sp³-hybridized carbons (Fsp3) is 0.242. The lowest BCUT2D eigenvalue weighted by Crippen LogP contribution is -2.61. The number of fused-ring (bicyclic) bond motifs is 1. The molecule has 3 heterocycles. The van der Waals surface area contributed by atoms with Crippen LogP contribution >= 0.6 is 0 Å². The van der Waals surface area contributed by atoms with E-state index in [4.69, 9.17) is 13.9 Å². The number of hydrogen-bond acceptors (Lipinski definition) is 9. The summed E-state index contributed by atoms with van der Waals surface area (Å²) in [5, 5.41) is 20.3. The summed E-state index contributed by atoms with van der Waals surface area (Å²) in [6.07, 6.45) is -0.984. The van der Waals surface area contributed by atoms with Crippen LogP contribution in [0.5, 0.6) is 11.5 Å². The second kappa shape index (κ2) is 12.9. The van der Waals surface area contributed by atoms with Crippen molar-refractivity contribution in [3.8, 4) is 11.5 Å². The van der Waals surface area contributed by atoms with Gasteiger partial charge in [-0.1, -0.05) is 30.3 Å². The Labute approximate surface area is 278 Å².